The third kappa shape index (κ3) is 4.48. The van der Waals surface area contributed by atoms with E-state index in [0.29, 0.717) is 51.9 Å². The van der Waals surface area contributed by atoms with Gasteiger partial charge in [0.2, 0.25) is 0 Å². The number of hydrogen-bond acceptors (Lipinski definition) is 7. The van der Waals surface area contributed by atoms with Crippen LogP contribution in [0.25, 0.3) is 11.0 Å². The van der Waals surface area contributed by atoms with Crippen LogP contribution < -0.4 is 9.47 Å². The Kier molecular flexibility index (Phi) is 6.22. The average molecular weight is 604 g/mol. The van der Waals surface area contributed by atoms with Crippen LogP contribution in [0.3, 0.4) is 0 Å². The molecule has 1 aliphatic carbocycles. The lowest BCUT2D eigenvalue weighted by Gasteiger charge is -2.28. The number of halogens is 2. The maximum atomic E-state index is 14.8. The molecule has 4 aliphatic rings. The summed E-state index contributed by atoms with van der Waals surface area (Å²) in [5.74, 6) is 1.58. The number of nitrogens with zero attached hydrogens (tertiary/aromatic N) is 3. The molecule has 3 aromatic carbocycles. The Morgan fingerprint density at radius 1 is 1.14 bits per heavy atom. The molecule has 4 atom stereocenters. The Morgan fingerprint density at radius 2 is 1.95 bits per heavy atom. The number of fused-ring (bicyclic) bond motifs is 3. The summed E-state index contributed by atoms with van der Waals surface area (Å²) in [7, 11) is 1.39. The van der Waals surface area contributed by atoms with Crippen LogP contribution >= 0.6 is 11.6 Å². The van der Waals surface area contributed by atoms with Gasteiger partial charge in [0.05, 0.1) is 48.5 Å². The van der Waals surface area contributed by atoms with Gasteiger partial charge in [0.15, 0.2) is 11.5 Å². The Balaban J connectivity index is 1.00. The van der Waals surface area contributed by atoms with Crippen molar-refractivity contribution in [3.05, 3.63) is 88.0 Å². The van der Waals surface area contributed by atoms with Crippen LogP contribution in [-0.4, -0.2) is 53.3 Å². The highest BCUT2D eigenvalue weighted by atomic mass is 35.5. The zero-order valence-electron chi connectivity index (χ0n) is 23.9. The first-order valence-electron chi connectivity index (χ1n) is 14.7. The zero-order chi connectivity index (χ0) is 29.5. The van der Waals surface area contributed by atoms with Gasteiger partial charge in [0.25, 0.3) is 5.79 Å². The highest BCUT2D eigenvalue weighted by Crippen LogP contribution is 2.62. The van der Waals surface area contributed by atoms with Gasteiger partial charge in [-0.1, -0.05) is 23.7 Å². The summed E-state index contributed by atoms with van der Waals surface area (Å²) in [5, 5.41) is 0.328. The topological polar surface area (TPSA) is 75.0 Å². The number of benzene rings is 3. The van der Waals surface area contributed by atoms with Gasteiger partial charge in [0, 0.05) is 37.2 Å². The minimum absolute atomic E-state index is 0.156. The quantitative estimate of drug-likeness (QED) is 0.244. The van der Waals surface area contributed by atoms with Crippen LogP contribution in [0.5, 0.6) is 11.5 Å². The number of aromatic nitrogens is 2. The number of ether oxygens (including phenoxy) is 4. The molecule has 10 heteroatoms. The normalized spacial score (nSPS) is 27.3. The maximum Gasteiger partial charge on any atom is 0.337 e. The Bertz CT molecular complexity index is 1760. The number of piperidine rings is 1. The van der Waals surface area contributed by atoms with E-state index in [2.05, 4.69) is 15.5 Å². The Labute approximate surface area is 253 Å². The van der Waals surface area contributed by atoms with Crippen molar-refractivity contribution in [2.24, 2.45) is 11.8 Å². The van der Waals surface area contributed by atoms with E-state index in [1.165, 1.54) is 13.2 Å². The molecule has 2 saturated heterocycles. The molecule has 4 heterocycles. The van der Waals surface area contributed by atoms with Gasteiger partial charge < -0.3 is 23.5 Å². The van der Waals surface area contributed by atoms with Crippen molar-refractivity contribution in [1.29, 1.82) is 0 Å². The second kappa shape index (κ2) is 9.94. The summed E-state index contributed by atoms with van der Waals surface area (Å²) in [6.07, 6.45) is 1.17. The average Bonchev–Trinajstić information content (AvgIpc) is 3.25. The van der Waals surface area contributed by atoms with Gasteiger partial charge in [-0.05, 0) is 66.6 Å². The standard InChI is InChI=1S/C33H31ClFN3O5/c1-33(24-8-7-19(34)13-25(24)35)42-28-5-3-4-21(31(28)43-33)30-22-15-37(16-23(22)30)17-29-36-26-9-6-18(32(39)40-2)12-27(26)38(29)14-20-10-11-41-20/h3-9,12-13,20,22-23,30H,10-11,14-17H2,1-2H3/t20-,22?,23?,30?,33?/m0/s1. The van der Waals surface area contributed by atoms with E-state index in [0.717, 1.165) is 55.1 Å². The lowest BCUT2D eigenvalue weighted by atomic mass is 10.0. The molecule has 3 fully saturated rings. The van der Waals surface area contributed by atoms with E-state index >= 15 is 0 Å². The van der Waals surface area contributed by atoms with Crippen molar-refractivity contribution in [3.63, 3.8) is 0 Å². The number of likely N-dealkylation sites (tertiary alicyclic amines) is 1. The van der Waals surface area contributed by atoms with Crippen molar-refractivity contribution < 1.29 is 28.1 Å². The van der Waals surface area contributed by atoms with Gasteiger partial charge in [0.1, 0.15) is 11.6 Å². The largest absolute Gasteiger partial charge is 0.465 e. The zero-order valence-corrected chi connectivity index (χ0v) is 24.6. The van der Waals surface area contributed by atoms with Crippen LogP contribution in [0.15, 0.2) is 54.6 Å². The molecule has 1 aromatic heterocycles. The first kappa shape index (κ1) is 26.9. The van der Waals surface area contributed by atoms with Crippen molar-refractivity contribution >= 4 is 28.6 Å². The number of para-hydroxylation sites is 1. The molecule has 1 saturated carbocycles. The molecule has 43 heavy (non-hydrogen) atoms. The Hall–Kier alpha value is -3.66. The van der Waals surface area contributed by atoms with E-state index in [1.807, 2.05) is 24.3 Å². The van der Waals surface area contributed by atoms with Crippen molar-refractivity contribution in [3.8, 4) is 11.5 Å². The smallest absolute Gasteiger partial charge is 0.337 e. The molecule has 0 bridgehead atoms. The van der Waals surface area contributed by atoms with Crippen LogP contribution in [0, 0.1) is 17.7 Å². The third-order valence-electron chi connectivity index (χ3n) is 9.45. The third-order valence-corrected chi connectivity index (χ3v) is 9.69. The van der Waals surface area contributed by atoms with Gasteiger partial charge >= 0.3 is 5.97 Å². The molecular weight excluding hydrogens is 573 g/mol. The van der Waals surface area contributed by atoms with Crippen LogP contribution in [0.4, 0.5) is 4.39 Å². The van der Waals surface area contributed by atoms with E-state index in [1.54, 1.807) is 25.1 Å². The van der Waals surface area contributed by atoms with Crippen molar-refractivity contribution in [2.75, 3.05) is 26.8 Å². The van der Waals surface area contributed by atoms with Crippen molar-refractivity contribution in [2.45, 2.75) is 44.2 Å². The molecule has 0 spiro atoms. The summed E-state index contributed by atoms with van der Waals surface area (Å²) < 4.78 is 40.3. The number of methoxy groups -OCH3 is 1. The molecule has 4 aromatic rings. The van der Waals surface area contributed by atoms with E-state index in [9.17, 15) is 9.18 Å². The minimum atomic E-state index is -1.26. The molecular formula is C33H31ClFN3O5. The molecule has 222 valence electrons. The molecule has 3 aliphatic heterocycles. The second-order valence-electron chi connectivity index (χ2n) is 12.1. The van der Waals surface area contributed by atoms with Gasteiger partial charge in [-0.2, -0.15) is 0 Å². The number of esters is 1. The van der Waals surface area contributed by atoms with Crippen LogP contribution in [-0.2, 0) is 28.4 Å². The highest BCUT2D eigenvalue weighted by Gasteiger charge is 2.58. The summed E-state index contributed by atoms with van der Waals surface area (Å²) in [5.41, 5.74) is 3.73. The summed E-state index contributed by atoms with van der Waals surface area (Å²) in [6.45, 7) is 5.84. The fourth-order valence-corrected chi connectivity index (χ4v) is 7.31. The van der Waals surface area contributed by atoms with Gasteiger partial charge in [-0.25, -0.2) is 14.2 Å². The summed E-state index contributed by atoms with van der Waals surface area (Å²) >= 11 is 5.98. The van der Waals surface area contributed by atoms with E-state index in [4.69, 9.17) is 35.5 Å². The molecule has 0 radical (unpaired) electrons. The molecule has 3 unspecified atom stereocenters. The fourth-order valence-electron chi connectivity index (χ4n) is 7.16. The van der Waals surface area contributed by atoms with Crippen molar-refractivity contribution in [1.82, 2.24) is 14.5 Å². The maximum absolute atomic E-state index is 14.8. The number of imidazole rings is 1. The second-order valence-corrected chi connectivity index (χ2v) is 12.5. The summed E-state index contributed by atoms with van der Waals surface area (Å²) in [4.78, 5) is 19.6. The van der Waals surface area contributed by atoms with Gasteiger partial charge in [-0.3, -0.25) is 4.90 Å². The number of hydrogen-bond donors (Lipinski definition) is 0. The van der Waals surface area contributed by atoms with E-state index < -0.39 is 11.6 Å². The van der Waals surface area contributed by atoms with Gasteiger partial charge in [-0.15, -0.1) is 0 Å². The first-order valence-corrected chi connectivity index (χ1v) is 15.1. The number of carbonyl (C=O) groups is 1. The number of rotatable bonds is 7. The lowest BCUT2D eigenvalue weighted by molar-refractivity contribution is -0.0710. The fraction of sp³-hybridized carbons (Fsp3) is 0.394. The van der Waals surface area contributed by atoms with E-state index in [-0.39, 0.29) is 12.1 Å². The molecule has 0 amide bonds. The SMILES string of the molecule is COC(=O)c1ccc2nc(CN3CC4C(C3)C4c3cccc4c3OC(C)(c3ccc(Cl)cc3F)O4)n(C[C@@H]3CCO3)c2c1. The molecule has 8 nitrogen and oxygen atoms in total. The molecule has 8 rings (SSSR count). The highest BCUT2D eigenvalue weighted by molar-refractivity contribution is 6.30. The summed E-state index contributed by atoms with van der Waals surface area (Å²) in [6, 6.07) is 16.0. The van der Waals surface area contributed by atoms with Crippen LogP contribution in [0.2, 0.25) is 5.02 Å². The Morgan fingerprint density at radius 3 is 2.67 bits per heavy atom. The van der Waals surface area contributed by atoms with Crippen LogP contribution in [0.1, 0.15) is 46.6 Å². The monoisotopic (exact) mass is 603 g/mol. The first-order chi connectivity index (χ1) is 20.8. The molecule has 0 N–H and O–H groups in total. The number of carbonyl (C=O) groups excluding carboxylic acids is 1. The lowest BCUT2D eigenvalue weighted by Crippen LogP contribution is -2.33. The predicted molar refractivity (Wildman–Crippen MR) is 157 cm³/mol. The predicted octanol–water partition coefficient (Wildman–Crippen LogP) is 5.89. The minimum Gasteiger partial charge on any atom is -0.465 e.